The number of carbonyl (C=O) groups excluding carboxylic acids is 1. The fourth-order valence-corrected chi connectivity index (χ4v) is 5.33. The van der Waals surface area contributed by atoms with Gasteiger partial charge in [0.25, 0.3) is 0 Å². The first-order chi connectivity index (χ1) is 12.2. The Kier molecular flexibility index (Phi) is 5.30. The number of sulfonamides is 1. The van der Waals surface area contributed by atoms with Crippen molar-refractivity contribution in [3.63, 3.8) is 0 Å². The van der Waals surface area contributed by atoms with E-state index in [1.807, 2.05) is 0 Å². The van der Waals surface area contributed by atoms with Crippen molar-refractivity contribution in [3.05, 3.63) is 30.3 Å². The van der Waals surface area contributed by atoms with Crippen LogP contribution in [0.1, 0.15) is 25.7 Å². The van der Waals surface area contributed by atoms with Crippen molar-refractivity contribution in [1.29, 1.82) is 0 Å². The molecule has 0 saturated carbocycles. The maximum absolute atomic E-state index is 13.0. The lowest BCUT2D eigenvalue weighted by Crippen LogP contribution is -2.52. The van der Waals surface area contributed by atoms with E-state index < -0.39 is 40.6 Å². The molecule has 2 unspecified atom stereocenters. The third-order valence-corrected chi connectivity index (χ3v) is 6.96. The zero-order valence-corrected chi connectivity index (χ0v) is 15.0. The highest BCUT2D eigenvalue weighted by molar-refractivity contribution is 7.89. The molecule has 9 heteroatoms. The molecule has 0 radical (unpaired) electrons. The zero-order chi connectivity index (χ0) is 18.9. The summed E-state index contributed by atoms with van der Waals surface area (Å²) in [5.74, 6) is -2.06. The summed E-state index contributed by atoms with van der Waals surface area (Å²) in [5, 5.41) is 0. The second-order valence-corrected chi connectivity index (χ2v) is 8.64. The molecule has 2 atom stereocenters. The van der Waals surface area contributed by atoms with E-state index in [1.54, 1.807) is 18.2 Å². The maximum Gasteiger partial charge on any atom is 0.393 e. The van der Waals surface area contributed by atoms with Crippen LogP contribution in [-0.2, 0) is 14.8 Å². The number of nitrogens with zero attached hydrogens (tertiary/aromatic N) is 2. The van der Waals surface area contributed by atoms with Gasteiger partial charge in [-0.3, -0.25) is 4.79 Å². The van der Waals surface area contributed by atoms with Gasteiger partial charge < -0.3 is 4.90 Å². The highest BCUT2D eigenvalue weighted by atomic mass is 32.2. The molecule has 2 fully saturated rings. The minimum atomic E-state index is -4.34. The average Bonchev–Trinajstić information content (AvgIpc) is 3.12. The van der Waals surface area contributed by atoms with E-state index in [0.29, 0.717) is 12.8 Å². The molecule has 0 aromatic heterocycles. The highest BCUT2D eigenvalue weighted by Crippen LogP contribution is 2.34. The van der Waals surface area contributed by atoms with E-state index in [4.69, 9.17) is 0 Å². The summed E-state index contributed by atoms with van der Waals surface area (Å²) in [5.41, 5.74) is 0. The Morgan fingerprint density at radius 1 is 1.04 bits per heavy atom. The predicted octanol–water partition coefficient (Wildman–Crippen LogP) is 2.64. The van der Waals surface area contributed by atoms with Gasteiger partial charge in [-0.2, -0.15) is 17.5 Å². The number of hydrogen-bond donors (Lipinski definition) is 0. The average molecular weight is 390 g/mol. The van der Waals surface area contributed by atoms with Crippen molar-refractivity contribution in [2.24, 2.45) is 5.92 Å². The Balaban J connectivity index is 1.79. The zero-order valence-electron chi connectivity index (χ0n) is 14.2. The second kappa shape index (κ2) is 7.19. The summed E-state index contributed by atoms with van der Waals surface area (Å²) >= 11 is 0. The van der Waals surface area contributed by atoms with Gasteiger partial charge in [0.2, 0.25) is 15.9 Å². The molecule has 0 N–H and O–H groups in total. The molecule has 0 spiro atoms. The number of carbonyl (C=O) groups is 1. The van der Waals surface area contributed by atoms with Gasteiger partial charge in [-0.25, -0.2) is 8.42 Å². The smallest absolute Gasteiger partial charge is 0.341 e. The summed E-state index contributed by atoms with van der Waals surface area (Å²) in [6.45, 7) is 0.0450. The van der Waals surface area contributed by atoms with Crippen LogP contribution in [0.5, 0.6) is 0 Å². The van der Waals surface area contributed by atoms with Gasteiger partial charge >= 0.3 is 6.18 Å². The number of rotatable bonds is 3. The van der Waals surface area contributed by atoms with Gasteiger partial charge in [-0.1, -0.05) is 18.2 Å². The first kappa shape index (κ1) is 19.2. The van der Waals surface area contributed by atoms with Gasteiger partial charge in [0, 0.05) is 19.6 Å². The SMILES string of the molecule is O=C(C1CCCN1S(=O)(=O)c1ccccc1)N1CCCC(C(F)(F)F)C1. The fraction of sp³-hybridized carbons (Fsp3) is 0.588. The van der Waals surface area contributed by atoms with Crippen molar-refractivity contribution < 1.29 is 26.4 Å². The summed E-state index contributed by atoms with van der Waals surface area (Å²) in [6, 6.07) is 6.87. The standard InChI is InChI=1S/C17H21F3N2O3S/c18-17(19,20)13-6-4-10-21(12-13)16(23)15-9-5-11-22(15)26(24,25)14-7-2-1-3-8-14/h1-3,7-8,13,15H,4-6,9-12H2. The molecule has 5 nitrogen and oxygen atoms in total. The Morgan fingerprint density at radius 2 is 1.69 bits per heavy atom. The quantitative estimate of drug-likeness (QED) is 0.797. The molecule has 1 aromatic rings. The molecule has 2 aliphatic rings. The van der Waals surface area contributed by atoms with Crippen LogP contribution in [0.25, 0.3) is 0 Å². The van der Waals surface area contributed by atoms with E-state index in [2.05, 4.69) is 0 Å². The molecule has 2 aliphatic heterocycles. The summed E-state index contributed by atoms with van der Waals surface area (Å²) < 4.78 is 65.8. The molecule has 0 aliphatic carbocycles. The molecule has 2 heterocycles. The number of amides is 1. The number of alkyl halides is 3. The lowest BCUT2D eigenvalue weighted by molar-refractivity contribution is -0.188. The van der Waals surface area contributed by atoms with Crippen molar-refractivity contribution in [3.8, 4) is 0 Å². The lowest BCUT2D eigenvalue weighted by Gasteiger charge is -2.36. The minimum absolute atomic E-state index is 0.00394. The largest absolute Gasteiger partial charge is 0.393 e. The first-order valence-electron chi connectivity index (χ1n) is 8.63. The summed E-state index contributed by atoms with van der Waals surface area (Å²) in [7, 11) is -3.85. The monoisotopic (exact) mass is 390 g/mol. The Bertz CT molecular complexity index is 752. The third-order valence-electron chi connectivity index (χ3n) is 5.03. The van der Waals surface area contributed by atoms with Crippen LogP contribution in [0.3, 0.4) is 0 Å². The predicted molar refractivity (Wildman–Crippen MR) is 88.7 cm³/mol. The van der Waals surface area contributed by atoms with Gasteiger partial charge in [0.15, 0.2) is 0 Å². The van der Waals surface area contributed by atoms with Crippen molar-refractivity contribution >= 4 is 15.9 Å². The number of piperidine rings is 1. The summed E-state index contributed by atoms with van der Waals surface area (Å²) in [6.07, 6.45) is -3.22. The molecule has 2 saturated heterocycles. The Morgan fingerprint density at radius 3 is 2.35 bits per heavy atom. The van der Waals surface area contributed by atoms with Crippen LogP contribution in [0.15, 0.2) is 35.2 Å². The fourth-order valence-electron chi connectivity index (χ4n) is 3.66. The Labute approximate surface area is 150 Å². The van der Waals surface area contributed by atoms with Gasteiger partial charge in [-0.15, -0.1) is 0 Å². The van der Waals surface area contributed by atoms with Crippen LogP contribution >= 0.6 is 0 Å². The molecule has 3 rings (SSSR count). The van der Waals surface area contributed by atoms with Crippen LogP contribution in [0.4, 0.5) is 13.2 Å². The van der Waals surface area contributed by atoms with Crippen LogP contribution in [0, 0.1) is 5.92 Å². The Hall–Kier alpha value is -1.61. The molecule has 1 aromatic carbocycles. The van der Waals surface area contributed by atoms with Gasteiger partial charge in [-0.05, 0) is 37.8 Å². The van der Waals surface area contributed by atoms with E-state index >= 15 is 0 Å². The van der Waals surface area contributed by atoms with Crippen molar-refractivity contribution in [2.75, 3.05) is 19.6 Å². The van der Waals surface area contributed by atoms with Crippen LogP contribution in [0.2, 0.25) is 0 Å². The van der Waals surface area contributed by atoms with E-state index in [-0.39, 0.29) is 30.8 Å². The second-order valence-electron chi connectivity index (χ2n) is 6.75. The van der Waals surface area contributed by atoms with Crippen LogP contribution in [-0.4, -0.2) is 55.4 Å². The number of likely N-dealkylation sites (tertiary alicyclic amines) is 1. The maximum atomic E-state index is 13.0. The normalized spacial score (nSPS) is 25.4. The van der Waals surface area contributed by atoms with Crippen molar-refractivity contribution in [1.82, 2.24) is 9.21 Å². The third kappa shape index (κ3) is 3.73. The van der Waals surface area contributed by atoms with Crippen molar-refractivity contribution in [2.45, 2.75) is 42.8 Å². The minimum Gasteiger partial charge on any atom is -0.341 e. The van der Waals surface area contributed by atoms with E-state index in [1.165, 1.54) is 17.0 Å². The molecule has 144 valence electrons. The van der Waals surface area contributed by atoms with E-state index in [0.717, 1.165) is 4.31 Å². The molecule has 0 bridgehead atoms. The molecule has 26 heavy (non-hydrogen) atoms. The highest BCUT2D eigenvalue weighted by Gasteiger charge is 2.46. The molecular formula is C17H21F3N2O3S. The van der Waals surface area contributed by atoms with E-state index in [9.17, 15) is 26.4 Å². The summed E-state index contributed by atoms with van der Waals surface area (Å²) in [4.78, 5) is 14.1. The first-order valence-corrected chi connectivity index (χ1v) is 10.1. The topological polar surface area (TPSA) is 57.7 Å². The molecule has 1 amide bonds. The van der Waals surface area contributed by atoms with Crippen LogP contribution < -0.4 is 0 Å². The number of halogens is 3. The van der Waals surface area contributed by atoms with Gasteiger partial charge in [0.1, 0.15) is 6.04 Å². The number of benzene rings is 1. The molecular weight excluding hydrogens is 369 g/mol. The van der Waals surface area contributed by atoms with Gasteiger partial charge in [0.05, 0.1) is 10.8 Å². The lowest BCUT2D eigenvalue weighted by atomic mass is 9.97. The number of hydrogen-bond acceptors (Lipinski definition) is 3.